The van der Waals surface area contributed by atoms with Crippen LogP contribution in [-0.2, 0) is 0 Å². The fourth-order valence-electron chi connectivity index (χ4n) is 0.0982. The molecule has 40 valence electrons. The second-order valence-electron chi connectivity index (χ2n) is 0.852. The van der Waals surface area contributed by atoms with E-state index in [-0.39, 0.29) is 0 Å². The topological polar surface area (TPSA) is 47.6 Å². The largest absolute Gasteiger partial charge is 0.192 e. The molecule has 0 amide bonds. The smallest absolute Gasteiger partial charge is 0.114 e. The van der Waals surface area contributed by atoms with E-state index in [1.165, 1.54) is 0 Å². The van der Waals surface area contributed by atoms with Crippen molar-refractivity contribution in [2.75, 3.05) is 0 Å². The van der Waals surface area contributed by atoms with Crippen LogP contribution in [0, 0.1) is 22.7 Å². The lowest BCUT2D eigenvalue weighted by molar-refractivity contribution is 1.51. The molecule has 0 aromatic heterocycles. The first-order valence-electron chi connectivity index (χ1n) is 1.58. The Bertz CT molecular complexity index is 171. The van der Waals surface area contributed by atoms with Crippen molar-refractivity contribution in [2.45, 2.75) is 0 Å². The maximum atomic E-state index is 8.17. The summed E-state index contributed by atoms with van der Waals surface area (Å²) >= 11 is 3.64. The van der Waals surface area contributed by atoms with E-state index in [1.807, 2.05) is 57.3 Å². The van der Waals surface area contributed by atoms with E-state index >= 15 is 0 Å². The third kappa shape index (κ3) is 2.48. The summed E-state index contributed by atoms with van der Waals surface area (Å²) in [6, 6.07) is 3.70. The molecule has 0 rings (SSSR count). The normalized spacial score (nSPS) is 11.0. The summed E-state index contributed by atoms with van der Waals surface area (Å²) in [4.78, 5) is 0. The van der Waals surface area contributed by atoms with Crippen LogP contribution in [0.3, 0.4) is 0 Å². The fourth-order valence-corrected chi connectivity index (χ4v) is 0.339. The summed E-state index contributed by atoms with van der Waals surface area (Å²) < 4.78 is 0.899. The zero-order chi connectivity index (χ0) is 6.57. The van der Waals surface area contributed by atoms with E-state index in [4.69, 9.17) is 10.5 Å². The van der Waals surface area contributed by atoms with Gasteiger partial charge in [-0.05, 0) is 45.2 Å². The van der Waals surface area contributed by atoms with Gasteiger partial charge in [0.05, 0.1) is 0 Å². The average Bonchev–Trinajstić information content (AvgIpc) is 1.84. The highest BCUT2D eigenvalue weighted by atomic mass is 127. The van der Waals surface area contributed by atoms with Gasteiger partial charge in [-0.25, -0.2) is 0 Å². The van der Waals surface area contributed by atoms with Gasteiger partial charge >= 0.3 is 0 Å². The third-order valence-electron chi connectivity index (χ3n) is 0.389. The van der Waals surface area contributed by atoms with Gasteiger partial charge in [-0.1, -0.05) is 0 Å². The first-order valence-corrected chi connectivity index (χ1v) is 3.73. The lowest BCUT2D eigenvalue weighted by Crippen LogP contribution is -1.64. The molecule has 0 spiro atoms. The van der Waals surface area contributed by atoms with Gasteiger partial charge < -0.3 is 0 Å². The van der Waals surface area contributed by atoms with E-state index in [0.29, 0.717) is 7.16 Å². The van der Waals surface area contributed by atoms with Crippen LogP contribution in [-0.4, -0.2) is 0 Å². The van der Waals surface area contributed by atoms with Gasteiger partial charge in [0.15, 0.2) is 0 Å². The summed E-state index contributed by atoms with van der Waals surface area (Å²) in [5, 5.41) is 16.3. The van der Waals surface area contributed by atoms with Gasteiger partial charge in [0.1, 0.15) is 19.3 Å². The van der Waals surface area contributed by atoms with Crippen molar-refractivity contribution < 1.29 is 0 Å². The molecule has 8 heavy (non-hydrogen) atoms. The molecular weight excluding hydrogens is 330 g/mol. The van der Waals surface area contributed by atoms with E-state index in [9.17, 15) is 0 Å². The van der Waals surface area contributed by atoms with Crippen LogP contribution >= 0.6 is 45.2 Å². The van der Waals surface area contributed by atoms with Gasteiger partial charge in [-0.15, -0.1) is 0 Å². The zero-order valence-electron chi connectivity index (χ0n) is 3.65. The van der Waals surface area contributed by atoms with Gasteiger partial charge in [-0.2, -0.15) is 10.5 Å². The Morgan fingerprint density at radius 3 is 1.38 bits per heavy atom. The Morgan fingerprint density at radius 2 is 1.25 bits per heavy atom. The molecule has 0 radical (unpaired) electrons. The maximum absolute atomic E-state index is 8.17. The average molecular weight is 330 g/mol. The van der Waals surface area contributed by atoms with Crippen molar-refractivity contribution in [3.8, 4) is 12.1 Å². The standard InChI is InChI=1S/C4I2N2/c5-3(1-7)4(6)2-8/b4-3-. The second-order valence-corrected chi connectivity index (χ2v) is 3.01. The van der Waals surface area contributed by atoms with Crippen molar-refractivity contribution in [2.24, 2.45) is 0 Å². The minimum Gasteiger partial charge on any atom is -0.192 e. The van der Waals surface area contributed by atoms with Crippen LogP contribution < -0.4 is 0 Å². The van der Waals surface area contributed by atoms with Crippen molar-refractivity contribution in [1.29, 1.82) is 10.5 Å². The van der Waals surface area contributed by atoms with Crippen molar-refractivity contribution in [1.82, 2.24) is 0 Å². The third-order valence-corrected chi connectivity index (χ3v) is 2.98. The summed E-state index contributed by atoms with van der Waals surface area (Å²) in [6.07, 6.45) is 0. The molecule has 2 nitrogen and oxygen atoms in total. The first-order chi connectivity index (χ1) is 3.72. The van der Waals surface area contributed by atoms with Crippen molar-refractivity contribution in [3.63, 3.8) is 0 Å². The van der Waals surface area contributed by atoms with Crippen molar-refractivity contribution in [3.05, 3.63) is 7.16 Å². The second kappa shape index (κ2) is 4.10. The number of hydrogen-bond acceptors (Lipinski definition) is 2. The molecule has 0 aromatic carbocycles. The predicted molar refractivity (Wildman–Crippen MR) is 46.3 cm³/mol. The Morgan fingerprint density at radius 1 is 1.00 bits per heavy atom. The van der Waals surface area contributed by atoms with Crippen LogP contribution in [0.15, 0.2) is 7.16 Å². The van der Waals surface area contributed by atoms with Crippen LogP contribution in [0.5, 0.6) is 0 Å². The Kier molecular flexibility index (Phi) is 4.19. The zero-order valence-corrected chi connectivity index (χ0v) is 7.97. The van der Waals surface area contributed by atoms with Gasteiger partial charge in [0.2, 0.25) is 0 Å². The van der Waals surface area contributed by atoms with Crippen LogP contribution in [0.25, 0.3) is 0 Å². The van der Waals surface area contributed by atoms with E-state index in [1.54, 1.807) is 0 Å². The molecule has 0 aliphatic heterocycles. The molecule has 0 bridgehead atoms. The minimum absolute atomic E-state index is 0.450. The van der Waals surface area contributed by atoms with Crippen LogP contribution in [0.2, 0.25) is 0 Å². The first kappa shape index (κ1) is 8.18. The van der Waals surface area contributed by atoms with E-state index < -0.39 is 0 Å². The Balaban J connectivity index is 4.41. The summed E-state index contributed by atoms with van der Waals surface area (Å²) in [5.74, 6) is 0. The molecule has 0 aromatic rings. The quantitative estimate of drug-likeness (QED) is 0.505. The Labute approximate surface area is 74.5 Å². The van der Waals surface area contributed by atoms with E-state index in [2.05, 4.69) is 0 Å². The minimum atomic E-state index is 0.450. The van der Waals surface area contributed by atoms with Gasteiger partial charge in [-0.3, -0.25) is 0 Å². The highest BCUT2D eigenvalue weighted by Crippen LogP contribution is 2.16. The molecule has 0 saturated carbocycles. The lowest BCUT2D eigenvalue weighted by Gasteiger charge is -1.77. The molecule has 0 fully saturated rings. The van der Waals surface area contributed by atoms with Crippen LogP contribution in [0.4, 0.5) is 0 Å². The number of rotatable bonds is 0. The monoisotopic (exact) mass is 330 g/mol. The maximum Gasteiger partial charge on any atom is 0.114 e. The number of nitriles is 2. The molecule has 0 saturated heterocycles. The molecule has 0 N–H and O–H groups in total. The number of halogens is 2. The van der Waals surface area contributed by atoms with Crippen LogP contribution in [0.1, 0.15) is 0 Å². The number of nitrogens with zero attached hydrogens (tertiary/aromatic N) is 2. The molecule has 0 aliphatic rings. The highest BCUT2D eigenvalue weighted by Gasteiger charge is 1.93. The highest BCUT2D eigenvalue weighted by molar-refractivity contribution is 14.1. The number of allylic oxidation sites excluding steroid dienone is 2. The molecule has 0 aliphatic carbocycles. The van der Waals surface area contributed by atoms with Gasteiger partial charge in [0, 0.05) is 0 Å². The molecule has 0 atom stereocenters. The van der Waals surface area contributed by atoms with Crippen molar-refractivity contribution >= 4 is 45.2 Å². The molecule has 0 heterocycles. The SMILES string of the molecule is N#C/C(I)=C(/I)C#N. The predicted octanol–water partition coefficient (Wildman–Crippen LogP) is 2.12. The molecule has 4 heteroatoms. The summed E-state index contributed by atoms with van der Waals surface area (Å²) in [5.41, 5.74) is 0. The van der Waals surface area contributed by atoms with E-state index in [0.717, 1.165) is 0 Å². The molecular formula is C4I2N2. The lowest BCUT2D eigenvalue weighted by atomic mass is 10.6. The number of hydrogen-bond donors (Lipinski definition) is 0. The molecule has 0 unspecified atom stereocenters. The summed E-state index contributed by atoms with van der Waals surface area (Å²) in [6.45, 7) is 0. The summed E-state index contributed by atoms with van der Waals surface area (Å²) in [7, 11) is 0. The Hall–Kier alpha value is 0.180. The van der Waals surface area contributed by atoms with Gasteiger partial charge in [0.25, 0.3) is 0 Å². The fraction of sp³-hybridized carbons (Fsp3) is 0.